The summed E-state index contributed by atoms with van der Waals surface area (Å²) in [6.07, 6.45) is 3.98. The fraction of sp³-hybridized carbons (Fsp3) is 0.941. The highest BCUT2D eigenvalue weighted by molar-refractivity contribution is 5.81. The van der Waals surface area contributed by atoms with Gasteiger partial charge in [0.15, 0.2) is 0 Å². The second kappa shape index (κ2) is 7.59. The third-order valence-electron chi connectivity index (χ3n) is 4.25. The van der Waals surface area contributed by atoms with Gasteiger partial charge in [0.1, 0.15) is 5.54 Å². The van der Waals surface area contributed by atoms with Gasteiger partial charge in [-0.05, 0) is 51.6 Å². The Morgan fingerprint density at radius 1 is 1.38 bits per heavy atom. The van der Waals surface area contributed by atoms with E-state index in [9.17, 15) is 4.79 Å². The van der Waals surface area contributed by atoms with E-state index in [1.807, 2.05) is 6.92 Å². The number of carbonyl (C=O) groups excluding carboxylic acids is 1. The molecule has 0 saturated heterocycles. The Morgan fingerprint density at radius 2 is 2.05 bits per heavy atom. The van der Waals surface area contributed by atoms with Gasteiger partial charge in [-0.1, -0.05) is 27.7 Å². The highest BCUT2D eigenvalue weighted by Crippen LogP contribution is 2.33. The summed E-state index contributed by atoms with van der Waals surface area (Å²) >= 11 is 0. The average Bonchev–Trinajstić information content (AvgIpc) is 2.37. The normalized spacial score (nSPS) is 26.9. The summed E-state index contributed by atoms with van der Waals surface area (Å²) in [7, 11) is 2.18. The maximum atomic E-state index is 12.5. The Bertz CT molecular complexity index is 334. The summed E-state index contributed by atoms with van der Waals surface area (Å²) in [5, 5.41) is 3.43. The first-order valence-corrected chi connectivity index (χ1v) is 8.36. The molecule has 1 rings (SSSR count). The zero-order valence-corrected chi connectivity index (χ0v) is 14.8. The van der Waals surface area contributed by atoms with Crippen molar-refractivity contribution in [2.75, 3.05) is 26.7 Å². The Balaban J connectivity index is 2.80. The zero-order chi connectivity index (χ0) is 16.1. The first kappa shape index (κ1) is 18.4. The molecule has 124 valence electrons. The molecule has 1 fully saturated rings. The van der Waals surface area contributed by atoms with Crippen molar-refractivity contribution in [2.45, 2.75) is 71.9 Å². The van der Waals surface area contributed by atoms with Crippen molar-refractivity contribution in [1.29, 1.82) is 0 Å². The summed E-state index contributed by atoms with van der Waals surface area (Å²) in [6, 6.07) is 0.446. The molecule has 0 heterocycles. The number of rotatable bonds is 6. The molecule has 0 spiro atoms. The third kappa shape index (κ3) is 5.26. The Morgan fingerprint density at radius 3 is 2.57 bits per heavy atom. The van der Waals surface area contributed by atoms with Gasteiger partial charge in [0.05, 0.1) is 6.61 Å². The molecule has 2 unspecified atom stereocenters. The first-order valence-electron chi connectivity index (χ1n) is 8.36. The van der Waals surface area contributed by atoms with Gasteiger partial charge in [-0.25, -0.2) is 0 Å². The minimum absolute atomic E-state index is 0.0688. The third-order valence-corrected chi connectivity index (χ3v) is 4.25. The predicted octanol–water partition coefficient (Wildman–Crippen LogP) is 2.82. The molecule has 0 amide bonds. The maximum Gasteiger partial charge on any atom is 0.326 e. The fourth-order valence-electron chi connectivity index (χ4n) is 3.53. The quantitative estimate of drug-likeness (QED) is 0.766. The summed E-state index contributed by atoms with van der Waals surface area (Å²) in [6.45, 7) is 13.0. The molecule has 4 nitrogen and oxygen atoms in total. The Hall–Kier alpha value is -0.610. The minimum atomic E-state index is -0.486. The maximum absolute atomic E-state index is 12.5. The Kier molecular flexibility index (Phi) is 6.67. The number of likely N-dealkylation sites (N-methyl/N-ethyl adjacent to an activating group) is 1. The van der Waals surface area contributed by atoms with Crippen LogP contribution in [0.4, 0.5) is 0 Å². The lowest BCUT2D eigenvalue weighted by atomic mass is 9.77. The zero-order valence-electron chi connectivity index (χ0n) is 14.8. The number of nitrogens with one attached hydrogen (secondary N) is 1. The molecular weight excluding hydrogens is 264 g/mol. The van der Waals surface area contributed by atoms with Crippen LogP contribution < -0.4 is 5.32 Å². The van der Waals surface area contributed by atoms with E-state index in [4.69, 9.17) is 4.74 Å². The van der Waals surface area contributed by atoms with Crippen molar-refractivity contribution in [3.05, 3.63) is 0 Å². The number of esters is 1. The number of hydrogen-bond donors (Lipinski definition) is 1. The standard InChI is InChI=1S/C17H34N2O2/c1-7-18-17(15(20)21-8-2)11-9-10-14(12-17)19(6)13-16(3,4)5/h14,18H,7-13H2,1-6H3. The van der Waals surface area contributed by atoms with Crippen LogP contribution in [0.15, 0.2) is 0 Å². The summed E-state index contributed by atoms with van der Waals surface area (Å²) in [5.74, 6) is -0.0688. The van der Waals surface area contributed by atoms with E-state index in [0.29, 0.717) is 12.6 Å². The monoisotopic (exact) mass is 298 g/mol. The highest BCUT2D eigenvalue weighted by atomic mass is 16.5. The molecule has 1 N–H and O–H groups in total. The molecule has 1 saturated carbocycles. The van der Waals surface area contributed by atoms with Gasteiger partial charge < -0.3 is 15.0 Å². The van der Waals surface area contributed by atoms with Crippen molar-refractivity contribution in [3.63, 3.8) is 0 Å². The smallest absolute Gasteiger partial charge is 0.326 e. The topological polar surface area (TPSA) is 41.6 Å². The van der Waals surface area contributed by atoms with E-state index >= 15 is 0 Å². The van der Waals surface area contributed by atoms with E-state index < -0.39 is 5.54 Å². The van der Waals surface area contributed by atoms with Crippen LogP contribution in [-0.4, -0.2) is 49.2 Å². The molecule has 4 heteroatoms. The summed E-state index contributed by atoms with van der Waals surface area (Å²) in [4.78, 5) is 14.9. The van der Waals surface area contributed by atoms with E-state index in [2.05, 4.69) is 45.0 Å². The highest BCUT2D eigenvalue weighted by Gasteiger charge is 2.44. The van der Waals surface area contributed by atoms with Crippen molar-refractivity contribution >= 4 is 5.97 Å². The van der Waals surface area contributed by atoms with Crippen molar-refractivity contribution in [3.8, 4) is 0 Å². The fourth-order valence-corrected chi connectivity index (χ4v) is 3.53. The second-order valence-corrected chi connectivity index (χ2v) is 7.56. The van der Waals surface area contributed by atoms with E-state index in [0.717, 1.165) is 32.4 Å². The molecule has 0 radical (unpaired) electrons. The SMILES string of the molecule is CCNC1(C(=O)OCC)CCCC(N(C)CC(C)(C)C)C1. The number of ether oxygens (including phenoxy) is 1. The largest absolute Gasteiger partial charge is 0.465 e. The lowest BCUT2D eigenvalue weighted by Crippen LogP contribution is -2.59. The van der Waals surface area contributed by atoms with Crippen LogP contribution in [0.1, 0.15) is 60.3 Å². The van der Waals surface area contributed by atoms with Crippen LogP contribution in [0.25, 0.3) is 0 Å². The number of hydrogen-bond acceptors (Lipinski definition) is 4. The molecule has 0 bridgehead atoms. The molecule has 0 aromatic rings. The lowest BCUT2D eigenvalue weighted by molar-refractivity contribution is -0.153. The first-order chi connectivity index (χ1) is 9.74. The van der Waals surface area contributed by atoms with Crippen LogP contribution in [0, 0.1) is 5.41 Å². The molecule has 0 aromatic heterocycles. The molecule has 21 heavy (non-hydrogen) atoms. The van der Waals surface area contributed by atoms with Crippen molar-refractivity contribution in [2.24, 2.45) is 5.41 Å². The van der Waals surface area contributed by atoms with Gasteiger partial charge in [-0.2, -0.15) is 0 Å². The van der Waals surface area contributed by atoms with Gasteiger partial charge in [0, 0.05) is 12.6 Å². The molecule has 1 aliphatic rings. The van der Waals surface area contributed by atoms with Crippen LogP contribution in [0.5, 0.6) is 0 Å². The van der Waals surface area contributed by atoms with Crippen molar-refractivity contribution in [1.82, 2.24) is 10.2 Å². The summed E-state index contributed by atoms with van der Waals surface area (Å²) < 4.78 is 5.35. The van der Waals surface area contributed by atoms with Crippen LogP contribution in [-0.2, 0) is 9.53 Å². The van der Waals surface area contributed by atoms with Gasteiger partial charge in [-0.3, -0.25) is 4.79 Å². The van der Waals surface area contributed by atoms with Crippen LogP contribution in [0.2, 0.25) is 0 Å². The number of carbonyl (C=O) groups is 1. The molecule has 2 atom stereocenters. The molecule has 0 aliphatic heterocycles. The summed E-state index contributed by atoms with van der Waals surface area (Å²) in [5.41, 5.74) is -0.212. The number of nitrogens with zero attached hydrogens (tertiary/aromatic N) is 1. The van der Waals surface area contributed by atoms with E-state index in [-0.39, 0.29) is 11.4 Å². The molecule has 1 aliphatic carbocycles. The van der Waals surface area contributed by atoms with Gasteiger partial charge in [-0.15, -0.1) is 0 Å². The van der Waals surface area contributed by atoms with Crippen LogP contribution in [0.3, 0.4) is 0 Å². The van der Waals surface area contributed by atoms with Crippen LogP contribution >= 0.6 is 0 Å². The lowest BCUT2D eigenvalue weighted by Gasteiger charge is -2.43. The van der Waals surface area contributed by atoms with Gasteiger partial charge >= 0.3 is 5.97 Å². The van der Waals surface area contributed by atoms with Gasteiger partial charge in [0.2, 0.25) is 0 Å². The predicted molar refractivity (Wildman–Crippen MR) is 87.4 cm³/mol. The Labute approximate surface area is 130 Å². The average molecular weight is 298 g/mol. The van der Waals surface area contributed by atoms with Crippen molar-refractivity contribution < 1.29 is 9.53 Å². The minimum Gasteiger partial charge on any atom is -0.465 e. The molecular formula is C17H34N2O2. The van der Waals surface area contributed by atoms with E-state index in [1.54, 1.807) is 0 Å². The second-order valence-electron chi connectivity index (χ2n) is 7.56. The molecule has 0 aromatic carbocycles. The van der Waals surface area contributed by atoms with E-state index in [1.165, 1.54) is 6.42 Å². The van der Waals surface area contributed by atoms with Gasteiger partial charge in [0.25, 0.3) is 0 Å².